The zero-order chi connectivity index (χ0) is 20.6. The topological polar surface area (TPSA) is 99.2 Å². The van der Waals surface area contributed by atoms with Gasteiger partial charge in [-0.15, -0.1) is 0 Å². The number of hydrogen-bond acceptors (Lipinski definition) is 7. The first-order chi connectivity index (χ1) is 13.2. The molecule has 3 rings (SSSR count). The molecule has 8 nitrogen and oxygen atoms in total. The Kier molecular flexibility index (Phi) is 5.72. The number of halogens is 1. The lowest BCUT2D eigenvalue weighted by molar-refractivity contribution is -0.114. The molecule has 152 valence electrons. The molecule has 1 aliphatic carbocycles. The van der Waals surface area contributed by atoms with Crippen LogP contribution in [-0.2, 0) is 19.6 Å². The number of anilines is 1. The number of hydrogen-bond donors (Lipinski definition) is 2. The summed E-state index contributed by atoms with van der Waals surface area (Å²) < 4.78 is 32.8. The number of Topliss-reactive ketones (excluding diaryl/α,β-unsaturated/α-hetero) is 1. The standard InChI is InChI=1S/C18H22ClN3O5S/c1-4-27-17-11(2)15(23)14(17)20-13-6-5-12(19)18(16(13)24)28(25,26)22-9-7-21(3)8-10-22/h5-6,20,24H,2,4,7-10H2,1,3H3. The number of nitrogens with zero attached hydrogens (tertiary/aromatic N) is 2. The van der Waals surface area contributed by atoms with Crippen LogP contribution in [0.2, 0.25) is 5.02 Å². The Morgan fingerprint density at radius 3 is 2.54 bits per heavy atom. The van der Waals surface area contributed by atoms with E-state index < -0.39 is 15.8 Å². The van der Waals surface area contributed by atoms with Gasteiger partial charge in [-0.3, -0.25) is 4.79 Å². The molecule has 1 saturated heterocycles. The third-order valence-electron chi connectivity index (χ3n) is 4.69. The lowest BCUT2D eigenvalue weighted by Gasteiger charge is -2.32. The summed E-state index contributed by atoms with van der Waals surface area (Å²) in [6.45, 7) is 7.48. The number of ketones is 1. The minimum atomic E-state index is -4.01. The Balaban J connectivity index is 1.97. The molecule has 0 bridgehead atoms. The van der Waals surface area contributed by atoms with Gasteiger partial charge >= 0.3 is 0 Å². The summed E-state index contributed by atoms with van der Waals surface area (Å²) in [5.41, 5.74) is 0.389. The smallest absolute Gasteiger partial charge is 0.248 e. The average Bonchev–Trinajstić information content (AvgIpc) is 2.66. The van der Waals surface area contributed by atoms with Crippen molar-refractivity contribution in [3.63, 3.8) is 0 Å². The van der Waals surface area contributed by atoms with Gasteiger partial charge in [-0.25, -0.2) is 8.42 Å². The van der Waals surface area contributed by atoms with Crippen molar-refractivity contribution < 1.29 is 23.1 Å². The van der Waals surface area contributed by atoms with E-state index in [1.807, 2.05) is 11.9 Å². The highest BCUT2D eigenvalue weighted by molar-refractivity contribution is 7.89. The number of sulfonamides is 1. The number of phenols is 1. The lowest BCUT2D eigenvalue weighted by Crippen LogP contribution is -2.47. The Labute approximate surface area is 169 Å². The van der Waals surface area contributed by atoms with Crippen molar-refractivity contribution in [1.29, 1.82) is 0 Å². The van der Waals surface area contributed by atoms with E-state index in [4.69, 9.17) is 16.3 Å². The van der Waals surface area contributed by atoms with E-state index in [1.54, 1.807) is 6.92 Å². The number of carbonyl (C=O) groups excluding carboxylic acids is 1. The third kappa shape index (κ3) is 3.50. The Morgan fingerprint density at radius 2 is 1.93 bits per heavy atom. The van der Waals surface area contributed by atoms with Gasteiger partial charge in [0.25, 0.3) is 0 Å². The Bertz CT molecular complexity index is 966. The third-order valence-corrected chi connectivity index (χ3v) is 7.10. The van der Waals surface area contributed by atoms with E-state index in [0.717, 1.165) is 0 Å². The molecule has 0 amide bonds. The predicted octanol–water partition coefficient (Wildman–Crippen LogP) is 1.78. The average molecular weight is 428 g/mol. The number of benzene rings is 1. The molecule has 10 heteroatoms. The van der Waals surface area contributed by atoms with Crippen LogP contribution in [0.15, 0.2) is 40.6 Å². The quantitative estimate of drug-likeness (QED) is 0.527. The predicted molar refractivity (Wildman–Crippen MR) is 106 cm³/mol. The zero-order valence-electron chi connectivity index (χ0n) is 15.7. The van der Waals surface area contributed by atoms with Gasteiger partial charge in [0, 0.05) is 26.2 Å². The molecule has 0 aromatic heterocycles. The molecule has 1 aromatic carbocycles. The number of ether oxygens (including phenoxy) is 1. The zero-order valence-corrected chi connectivity index (χ0v) is 17.2. The van der Waals surface area contributed by atoms with Gasteiger partial charge < -0.3 is 20.1 Å². The minimum Gasteiger partial charge on any atom is -0.504 e. The number of nitrogens with one attached hydrogen (secondary N) is 1. The van der Waals surface area contributed by atoms with Crippen molar-refractivity contribution in [1.82, 2.24) is 9.21 Å². The van der Waals surface area contributed by atoms with Gasteiger partial charge in [0.05, 0.1) is 22.9 Å². The number of piperazine rings is 1. The van der Waals surface area contributed by atoms with Crippen molar-refractivity contribution in [3.05, 3.63) is 40.8 Å². The monoisotopic (exact) mass is 427 g/mol. The second-order valence-electron chi connectivity index (χ2n) is 6.55. The number of rotatable bonds is 6. The molecule has 1 heterocycles. The lowest BCUT2D eigenvalue weighted by atomic mass is 9.95. The van der Waals surface area contributed by atoms with Crippen LogP contribution < -0.4 is 5.32 Å². The highest BCUT2D eigenvalue weighted by atomic mass is 35.5. The van der Waals surface area contributed by atoms with E-state index in [1.165, 1.54) is 16.4 Å². The molecule has 1 aromatic rings. The summed E-state index contributed by atoms with van der Waals surface area (Å²) in [7, 11) is -2.10. The number of likely N-dealkylation sites (N-methyl/N-ethyl adjacent to an activating group) is 1. The van der Waals surface area contributed by atoms with Crippen LogP contribution in [-0.4, -0.2) is 68.3 Å². The first-order valence-corrected chi connectivity index (χ1v) is 10.6. The molecule has 0 saturated carbocycles. The van der Waals surface area contributed by atoms with Gasteiger partial charge in [0.15, 0.2) is 11.5 Å². The van der Waals surface area contributed by atoms with Crippen LogP contribution in [0.4, 0.5) is 5.69 Å². The first-order valence-electron chi connectivity index (χ1n) is 8.76. The fourth-order valence-electron chi connectivity index (χ4n) is 3.05. The number of carbonyl (C=O) groups is 1. The van der Waals surface area contributed by atoms with Crippen molar-refractivity contribution in [2.75, 3.05) is 45.2 Å². The molecule has 1 aliphatic heterocycles. The molecule has 1 fully saturated rings. The molecular formula is C18H22ClN3O5S. The molecule has 28 heavy (non-hydrogen) atoms. The number of aromatic hydroxyl groups is 1. The summed E-state index contributed by atoms with van der Waals surface area (Å²) >= 11 is 6.13. The van der Waals surface area contributed by atoms with Gasteiger partial charge in [0.2, 0.25) is 15.8 Å². The Morgan fingerprint density at radius 1 is 1.29 bits per heavy atom. The second-order valence-corrected chi connectivity index (χ2v) is 8.83. The maximum Gasteiger partial charge on any atom is 0.248 e. The van der Waals surface area contributed by atoms with Crippen molar-refractivity contribution in [2.24, 2.45) is 0 Å². The van der Waals surface area contributed by atoms with E-state index in [9.17, 15) is 18.3 Å². The summed E-state index contributed by atoms with van der Waals surface area (Å²) in [6, 6.07) is 2.77. The summed E-state index contributed by atoms with van der Waals surface area (Å²) in [5, 5.41) is 13.3. The molecular weight excluding hydrogens is 406 g/mol. The molecule has 2 aliphatic rings. The van der Waals surface area contributed by atoms with Crippen molar-refractivity contribution in [3.8, 4) is 5.75 Å². The SMILES string of the molecule is C=C1C(=O)C(Nc2ccc(Cl)c(S(=O)(=O)N3CCN(C)CC3)c2O)=C1OCC. The van der Waals surface area contributed by atoms with Crippen LogP contribution >= 0.6 is 11.6 Å². The van der Waals surface area contributed by atoms with Crippen molar-refractivity contribution >= 4 is 33.1 Å². The van der Waals surface area contributed by atoms with Gasteiger partial charge in [-0.05, 0) is 26.1 Å². The molecule has 0 spiro atoms. The fourth-order valence-corrected chi connectivity index (χ4v) is 5.06. The van der Waals surface area contributed by atoms with E-state index >= 15 is 0 Å². The van der Waals surface area contributed by atoms with Crippen LogP contribution in [0.5, 0.6) is 5.75 Å². The normalized spacial score (nSPS) is 19.0. The van der Waals surface area contributed by atoms with Crippen LogP contribution in [0.25, 0.3) is 0 Å². The van der Waals surface area contributed by atoms with Crippen molar-refractivity contribution in [2.45, 2.75) is 11.8 Å². The molecule has 2 N–H and O–H groups in total. The van der Waals surface area contributed by atoms with Crippen LogP contribution in [0.1, 0.15) is 6.92 Å². The summed E-state index contributed by atoms with van der Waals surface area (Å²) in [5.74, 6) is -0.605. The minimum absolute atomic E-state index is 0.0464. The molecule has 0 unspecified atom stereocenters. The highest BCUT2D eigenvalue weighted by Crippen LogP contribution is 2.41. The van der Waals surface area contributed by atoms with Crippen LogP contribution in [0, 0.1) is 0 Å². The van der Waals surface area contributed by atoms with Crippen LogP contribution in [0.3, 0.4) is 0 Å². The molecule has 0 atom stereocenters. The van der Waals surface area contributed by atoms with E-state index in [-0.39, 0.29) is 32.7 Å². The van der Waals surface area contributed by atoms with E-state index in [0.29, 0.717) is 38.5 Å². The summed E-state index contributed by atoms with van der Waals surface area (Å²) in [6.07, 6.45) is 0. The van der Waals surface area contributed by atoms with E-state index in [2.05, 4.69) is 11.9 Å². The molecule has 0 radical (unpaired) electrons. The first kappa shape index (κ1) is 20.7. The Hall–Kier alpha value is -2.07. The maximum absolute atomic E-state index is 13.1. The number of phenolic OH excluding ortho intramolecular Hbond substituents is 1. The highest BCUT2D eigenvalue weighted by Gasteiger charge is 2.36. The van der Waals surface area contributed by atoms with Gasteiger partial charge in [0.1, 0.15) is 10.6 Å². The second kappa shape index (κ2) is 7.75. The maximum atomic E-state index is 13.1. The van der Waals surface area contributed by atoms with Gasteiger partial charge in [-0.2, -0.15) is 4.31 Å². The fraction of sp³-hybridized carbons (Fsp3) is 0.389. The van der Waals surface area contributed by atoms with Gasteiger partial charge in [-0.1, -0.05) is 18.2 Å². The summed E-state index contributed by atoms with van der Waals surface area (Å²) in [4.78, 5) is 13.7. The largest absolute Gasteiger partial charge is 0.504 e. The number of allylic oxidation sites excluding steroid dienone is 2.